The van der Waals surface area contributed by atoms with E-state index in [9.17, 15) is 0 Å². The van der Waals surface area contributed by atoms with Gasteiger partial charge in [0.25, 0.3) is 0 Å². The summed E-state index contributed by atoms with van der Waals surface area (Å²) >= 11 is 3.63. The summed E-state index contributed by atoms with van der Waals surface area (Å²) in [5.41, 5.74) is 4.12. The molecule has 1 aliphatic carbocycles. The van der Waals surface area contributed by atoms with E-state index in [1.54, 1.807) is 0 Å². The van der Waals surface area contributed by atoms with E-state index in [4.69, 9.17) is 0 Å². The Morgan fingerprint density at radius 3 is 2.83 bits per heavy atom. The molecule has 1 aliphatic rings. The first-order chi connectivity index (χ1) is 5.70. The summed E-state index contributed by atoms with van der Waals surface area (Å²) in [6.45, 7) is 4.36. The van der Waals surface area contributed by atoms with Crippen molar-refractivity contribution in [1.29, 1.82) is 0 Å². The lowest BCUT2D eigenvalue weighted by Gasteiger charge is -2.09. The molecule has 0 radical (unpaired) electrons. The van der Waals surface area contributed by atoms with Gasteiger partial charge in [-0.25, -0.2) is 0 Å². The highest BCUT2D eigenvalue weighted by Gasteiger charge is 2.16. The number of rotatable bonds is 0. The molecule has 62 valence electrons. The minimum atomic E-state index is 0.564. The maximum absolute atomic E-state index is 3.63. The van der Waals surface area contributed by atoms with Gasteiger partial charge in [-0.2, -0.15) is 0 Å². The van der Waals surface area contributed by atoms with Crippen molar-refractivity contribution in [2.75, 3.05) is 0 Å². The third-order valence-corrected chi connectivity index (χ3v) is 3.48. The van der Waals surface area contributed by atoms with Crippen molar-refractivity contribution in [3.05, 3.63) is 39.4 Å². The molecule has 1 aromatic carbocycles. The van der Waals surface area contributed by atoms with Crippen LogP contribution < -0.4 is 0 Å². The fraction of sp³-hybridized carbons (Fsp3) is 0.273. The first-order valence-corrected chi connectivity index (χ1v) is 4.96. The Hall–Kier alpha value is -0.560. The Balaban J connectivity index is 2.68. The zero-order valence-corrected chi connectivity index (χ0v) is 8.85. The van der Waals surface area contributed by atoms with E-state index in [1.165, 1.54) is 21.2 Å². The quantitative estimate of drug-likeness (QED) is 0.625. The average Bonchev–Trinajstić information content (AvgIpc) is 2.41. The van der Waals surface area contributed by atoms with Crippen molar-refractivity contribution >= 4 is 22.0 Å². The number of fused-ring (bicyclic) bond motifs is 1. The molecule has 0 saturated heterocycles. The Morgan fingerprint density at radius 1 is 1.33 bits per heavy atom. The number of halogens is 1. The van der Waals surface area contributed by atoms with Crippen molar-refractivity contribution < 1.29 is 0 Å². The SMILES string of the molecule is Cc1ccc2c(c1Br)C(C)C=C2. The summed E-state index contributed by atoms with van der Waals surface area (Å²) in [5.74, 6) is 0.564. The summed E-state index contributed by atoms with van der Waals surface area (Å²) in [7, 11) is 0. The highest BCUT2D eigenvalue weighted by atomic mass is 79.9. The number of aryl methyl sites for hydroxylation is 1. The minimum absolute atomic E-state index is 0.564. The van der Waals surface area contributed by atoms with Crippen LogP contribution in [-0.4, -0.2) is 0 Å². The van der Waals surface area contributed by atoms with Gasteiger partial charge in [0.1, 0.15) is 0 Å². The molecule has 0 spiro atoms. The summed E-state index contributed by atoms with van der Waals surface area (Å²) in [5, 5.41) is 0. The van der Waals surface area contributed by atoms with Crippen LogP contribution in [0.4, 0.5) is 0 Å². The van der Waals surface area contributed by atoms with E-state index in [0.29, 0.717) is 5.92 Å². The van der Waals surface area contributed by atoms with Gasteiger partial charge in [0.15, 0.2) is 0 Å². The summed E-state index contributed by atoms with van der Waals surface area (Å²) in [4.78, 5) is 0. The molecular weight excluding hydrogens is 212 g/mol. The largest absolute Gasteiger partial charge is 0.0766 e. The second-order valence-corrected chi connectivity index (χ2v) is 4.14. The average molecular weight is 223 g/mol. The lowest BCUT2D eigenvalue weighted by Crippen LogP contribution is -1.91. The van der Waals surface area contributed by atoms with Crippen molar-refractivity contribution in [2.45, 2.75) is 19.8 Å². The van der Waals surface area contributed by atoms with Gasteiger partial charge in [0, 0.05) is 10.4 Å². The van der Waals surface area contributed by atoms with Gasteiger partial charge in [-0.3, -0.25) is 0 Å². The first-order valence-electron chi connectivity index (χ1n) is 4.17. The minimum Gasteiger partial charge on any atom is -0.0766 e. The lowest BCUT2D eigenvalue weighted by molar-refractivity contribution is 0.977. The van der Waals surface area contributed by atoms with Crippen LogP contribution in [-0.2, 0) is 0 Å². The van der Waals surface area contributed by atoms with Gasteiger partial charge in [0.2, 0.25) is 0 Å². The van der Waals surface area contributed by atoms with Crippen LogP contribution in [0.15, 0.2) is 22.7 Å². The highest BCUT2D eigenvalue weighted by Crippen LogP contribution is 2.36. The molecule has 1 unspecified atom stereocenters. The van der Waals surface area contributed by atoms with Gasteiger partial charge in [-0.05, 0) is 23.6 Å². The van der Waals surface area contributed by atoms with Crippen LogP contribution >= 0.6 is 15.9 Å². The third kappa shape index (κ3) is 1.04. The molecule has 0 aromatic heterocycles. The van der Waals surface area contributed by atoms with E-state index in [0.717, 1.165) is 0 Å². The Kier molecular flexibility index (Phi) is 1.84. The second kappa shape index (κ2) is 2.74. The zero-order valence-electron chi connectivity index (χ0n) is 7.26. The van der Waals surface area contributed by atoms with E-state index < -0.39 is 0 Å². The number of hydrogen-bond acceptors (Lipinski definition) is 0. The molecule has 1 atom stereocenters. The van der Waals surface area contributed by atoms with Crippen LogP contribution in [0, 0.1) is 6.92 Å². The molecular formula is C11H11Br. The molecule has 0 saturated carbocycles. The number of benzene rings is 1. The van der Waals surface area contributed by atoms with Gasteiger partial charge in [-0.15, -0.1) is 0 Å². The van der Waals surface area contributed by atoms with Crippen LogP contribution in [0.1, 0.15) is 29.5 Å². The Morgan fingerprint density at radius 2 is 2.08 bits per heavy atom. The molecule has 0 amide bonds. The van der Waals surface area contributed by atoms with Crippen LogP contribution in [0.25, 0.3) is 6.08 Å². The third-order valence-electron chi connectivity index (χ3n) is 2.43. The van der Waals surface area contributed by atoms with Crippen molar-refractivity contribution in [1.82, 2.24) is 0 Å². The fourth-order valence-electron chi connectivity index (χ4n) is 1.67. The number of allylic oxidation sites excluding steroid dienone is 1. The van der Waals surface area contributed by atoms with E-state index in [1.807, 2.05) is 0 Å². The molecule has 0 heterocycles. The second-order valence-electron chi connectivity index (χ2n) is 3.35. The van der Waals surface area contributed by atoms with Crippen molar-refractivity contribution in [3.8, 4) is 0 Å². The fourth-order valence-corrected chi connectivity index (χ4v) is 2.39. The standard InChI is InChI=1S/C11H11Br/c1-7-3-5-9-6-4-8(2)11(12)10(7)9/h3-7H,1-2H3. The molecule has 1 aromatic rings. The highest BCUT2D eigenvalue weighted by molar-refractivity contribution is 9.10. The van der Waals surface area contributed by atoms with Gasteiger partial charge in [-0.1, -0.05) is 47.1 Å². The van der Waals surface area contributed by atoms with E-state index >= 15 is 0 Å². The van der Waals surface area contributed by atoms with Crippen molar-refractivity contribution in [3.63, 3.8) is 0 Å². The molecule has 0 bridgehead atoms. The molecule has 2 rings (SSSR count). The van der Waals surface area contributed by atoms with Crippen LogP contribution in [0.2, 0.25) is 0 Å². The lowest BCUT2D eigenvalue weighted by atomic mass is 10.0. The maximum atomic E-state index is 3.63. The van der Waals surface area contributed by atoms with Crippen LogP contribution in [0.3, 0.4) is 0 Å². The smallest absolute Gasteiger partial charge is 0.0248 e. The maximum Gasteiger partial charge on any atom is 0.0248 e. The summed E-state index contributed by atoms with van der Waals surface area (Å²) in [6.07, 6.45) is 4.44. The van der Waals surface area contributed by atoms with Crippen LogP contribution in [0.5, 0.6) is 0 Å². The zero-order chi connectivity index (χ0) is 8.72. The Labute approximate surface area is 81.4 Å². The summed E-state index contributed by atoms with van der Waals surface area (Å²) in [6, 6.07) is 4.35. The Bertz CT molecular complexity index is 350. The molecule has 1 heteroatoms. The topological polar surface area (TPSA) is 0 Å². The predicted molar refractivity (Wildman–Crippen MR) is 56.3 cm³/mol. The van der Waals surface area contributed by atoms with Gasteiger partial charge < -0.3 is 0 Å². The first kappa shape index (κ1) is 8.06. The molecule has 0 aliphatic heterocycles. The van der Waals surface area contributed by atoms with Crippen molar-refractivity contribution in [2.24, 2.45) is 0 Å². The van der Waals surface area contributed by atoms with E-state index in [2.05, 4.69) is 54.1 Å². The van der Waals surface area contributed by atoms with Gasteiger partial charge >= 0.3 is 0 Å². The van der Waals surface area contributed by atoms with E-state index in [-0.39, 0.29) is 0 Å². The molecule has 0 N–H and O–H groups in total. The predicted octanol–water partition coefficient (Wildman–Crippen LogP) is 3.89. The number of hydrogen-bond donors (Lipinski definition) is 0. The monoisotopic (exact) mass is 222 g/mol. The summed E-state index contributed by atoms with van der Waals surface area (Å²) < 4.78 is 1.28. The molecule has 12 heavy (non-hydrogen) atoms. The normalized spacial score (nSPS) is 19.8. The van der Waals surface area contributed by atoms with Gasteiger partial charge in [0.05, 0.1) is 0 Å². The molecule has 0 fully saturated rings. The molecule has 0 nitrogen and oxygen atoms in total.